The van der Waals surface area contributed by atoms with Gasteiger partial charge in [0.05, 0.1) is 30.6 Å². The fourth-order valence-corrected chi connectivity index (χ4v) is 6.83. The summed E-state index contributed by atoms with van der Waals surface area (Å²) in [6.45, 7) is 6.91. The third kappa shape index (κ3) is 6.11. The molecule has 0 aromatic heterocycles. The highest BCUT2D eigenvalue weighted by Gasteiger charge is 2.40. The van der Waals surface area contributed by atoms with Gasteiger partial charge < -0.3 is 19.9 Å². The van der Waals surface area contributed by atoms with Crippen LogP contribution >= 0.6 is 0 Å². The molecule has 1 fully saturated rings. The van der Waals surface area contributed by atoms with Crippen LogP contribution in [0.5, 0.6) is 5.75 Å². The van der Waals surface area contributed by atoms with Gasteiger partial charge in [-0.2, -0.15) is 17.5 Å². The van der Waals surface area contributed by atoms with E-state index in [-0.39, 0.29) is 43.5 Å². The number of benzene rings is 1. The molecule has 1 saturated heterocycles. The van der Waals surface area contributed by atoms with Crippen LogP contribution in [0.3, 0.4) is 0 Å². The number of halogens is 3. The summed E-state index contributed by atoms with van der Waals surface area (Å²) < 4.78 is 72.0. The first-order valence-corrected chi connectivity index (χ1v) is 14.4. The Morgan fingerprint density at radius 2 is 1.79 bits per heavy atom. The first kappa shape index (κ1) is 28.7. The standard InChI is InChI=1S/C25H36F3N5O4S/c1-4-9-32-16-20-22(29-24(34)23(20)30(3)17-32)19-15-18(6-7-21(19)37-5-2)38(35,36)33-13-11-31(12-14-33)10-8-25(26,27)28/h6-7,15,22H,4-5,8-14,16-17H2,1-3H3,(H,29,34). The number of sulfonamides is 1. The lowest BCUT2D eigenvalue weighted by Crippen LogP contribution is -2.49. The summed E-state index contributed by atoms with van der Waals surface area (Å²) in [5.74, 6) is 0.298. The zero-order valence-electron chi connectivity index (χ0n) is 22.1. The van der Waals surface area contributed by atoms with E-state index in [4.69, 9.17) is 4.74 Å². The second kappa shape index (κ2) is 11.4. The van der Waals surface area contributed by atoms with E-state index in [0.717, 1.165) is 18.5 Å². The predicted molar refractivity (Wildman–Crippen MR) is 136 cm³/mol. The Hall–Kier alpha value is -2.35. The third-order valence-electron chi connectivity index (χ3n) is 7.14. The number of rotatable bonds is 9. The normalized spacial score (nSPS) is 22.1. The molecule has 1 atom stereocenters. The van der Waals surface area contributed by atoms with E-state index in [0.29, 0.717) is 36.8 Å². The number of hydrogen-bond donors (Lipinski definition) is 1. The largest absolute Gasteiger partial charge is 0.494 e. The van der Waals surface area contributed by atoms with Gasteiger partial charge in [-0.15, -0.1) is 0 Å². The van der Waals surface area contributed by atoms with Crippen LogP contribution in [0.15, 0.2) is 34.4 Å². The van der Waals surface area contributed by atoms with E-state index < -0.39 is 28.7 Å². The highest BCUT2D eigenvalue weighted by molar-refractivity contribution is 7.89. The van der Waals surface area contributed by atoms with Crippen LogP contribution in [0.25, 0.3) is 0 Å². The van der Waals surface area contributed by atoms with E-state index in [2.05, 4.69) is 17.1 Å². The van der Waals surface area contributed by atoms with Gasteiger partial charge in [-0.1, -0.05) is 6.92 Å². The highest BCUT2D eigenvalue weighted by Crippen LogP contribution is 2.40. The lowest BCUT2D eigenvalue weighted by atomic mass is 9.97. The molecule has 1 aromatic carbocycles. The Morgan fingerprint density at radius 3 is 2.42 bits per heavy atom. The SMILES string of the molecule is CCCN1CC2=C(C(=O)NC2c2cc(S(=O)(=O)N3CCN(CCC(F)(F)F)CC3)ccc2OCC)N(C)C1. The third-order valence-corrected chi connectivity index (χ3v) is 9.04. The van der Waals surface area contributed by atoms with Crippen LogP contribution in [-0.2, 0) is 14.8 Å². The summed E-state index contributed by atoms with van der Waals surface area (Å²) >= 11 is 0. The maximum Gasteiger partial charge on any atom is 0.390 e. The molecule has 1 N–H and O–H groups in total. The smallest absolute Gasteiger partial charge is 0.390 e. The van der Waals surface area contributed by atoms with Gasteiger partial charge in [0.15, 0.2) is 0 Å². The van der Waals surface area contributed by atoms with Crippen LogP contribution in [0.1, 0.15) is 38.3 Å². The molecule has 0 radical (unpaired) electrons. The molecule has 212 valence electrons. The number of likely N-dealkylation sites (N-methyl/N-ethyl adjacent to an activating group) is 1. The number of hydrogen-bond acceptors (Lipinski definition) is 7. The molecule has 0 aliphatic carbocycles. The summed E-state index contributed by atoms with van der Waals surface area (Å²) in [5, 5.41) is 3.03. The molecule has 3 aliphatic rings. The summed E-state index contributed by atoms with van der Waals surface area (Å²) in [5.41, 5.74) is 2.06. The number of alkyl halides is 3. The molecule has 13 heteroatoms. The lowest BCUT2D eigenvalue weighted by Gasteiger charge is -2.35. The average molecular weight is 560 g/mol. The van der Waals surface area contributed by atoms with Crippen LogP contribution in [0, 0.1) is 0 Å². The predicted octanol–water partition coefficient (Wildman–Crippen LogP) is 2.38. The fraction of sp³-hybridized carbons (Fsp3) is 0.640. The Kier molecular flexibility index (Phi) is 8.60. The number of piperazine rings is 1. The van der Waals surface area contributed by atoms with Crippen molar-refractivity contribution in [2.24, 2.45) is 0 Å². The number of nitrogens with zero attached hydrogens (tertiary/aromatic N) is 4. The van der Waals surface area contributed by atoms with Gasteiger partial charge in [0.25, 0.3) is 5.91 Å². The van der Waals surface area contributed by atoms with Crippen molar-refractivity contribution < 1.29 is 31.1 Å². The second-order valence-electron chi connectivity index (χ2n) is 9.92. The zero-order chi connectivity index (χ0) is 27.7. The molecule has 1 unspecified atom stereocenters. The summed E-state index contributed by atoms with van der Waals surface area (Å²) in [6, 6.07) is 4.14. The van der Waals surface area contributed by atoms with Gasteiger partial charge in [0.2, 0.25) is 10.0 Å². The summed E-state index contributed by atoms with van der Waals surface area (Å²) in [6.07, 6.45) is -4.20. The minimum absolute atomic E-state index is 0.0672. The monoisotopic (exact) mass is 559 g/mol. The number of carbonyl (C=O) groups excluding carboxylic acids is 1. The number of ether oxygens (including phenoxy) is 1. The van der Waals surface area contributed by atoms with Gasteiger partial charge in [-0.3, -0.25) is 9.69 Å². The molecule has 0 spiro atoms. The van der Waals surface area contributed by atoms with Crippen molar-refractivity contribution >= 4 is 15.9 Å². The maximum atomic E-state index is 13.6. The Balaban J connectivity index is 1.59. The molecule has 0 bridgehead atoms. The van der Waals surface area contributed by atoms with E-state index >= 15 is 0 Å². The first-order valence-electron chi connectivity index (χ1n) is 13.0. The Morgan fingerprint density at radius 1 is 1.08 bits per heavy atom. The highest BCUT2D eigenvalue weighted by atomic mass is 32.2. The van der Waals surface area contributed by atoms with Crippen molar-refractivity contribution in [1.82, 2.24) is 24.3 Å². The second-order valence-corrected chi connectivity index (χ2v) is 11.9. The number of amides is 1. The minimum atomic E-state index is -4.24. The molecular weight excluding hydrogens is 523 g/mol. The zero-order valence-corrected chi connectivity index (χ0v) is 22.9. The molecule has 1 amide bonds. The van der Waals surface area contributed by atoms with Crippen molar-refractivity contribution in [3.8, 4) is 5.75 Å². The molecule has 3 heterocycles. The van der Waals surface area contributed by atoms with E-state index in [1.807, 2.05) is 18.9 Å². The van der Waals surface area contributed by atoms with Crippen molar-refractivity contribution in [3.63, 3.8) is 0 Å². The lowest BCUT2D eigenvalue weighted by molar-refractivity contribution is -0.138. The van der Waals surface area contributed by atoms with Gasteiger partial charge in [0, 0.05) is 51.9 Å². The van der Waals surface area contributed by atoms with Gasteiger partial charge in [-0.05, 0) is 43.7 Å². The van der Waals surface area contributed by atoms with Crippen molar-refractivity contribution in [2.75, 3.05) is 66.1 Å². The van der Waals surface area contributed by atoms with Crippen molar-refractivity contribution in [1.29, 1.82) is 0 Å². The van der Waals surface area contributed by atoms with Crippen LogP contribution in [0.4, 0.5) is 13.2 Å². The van der Waals surface area contributed by atoms with E-state index in [9.17, 15) is 26.4 Å². The van der Waals surface area contributed by atoms with E-state index in [1.165, 1.54) is 10.4 Å². The number of carbonyl (C=O) groups is 1. The Labute approximate surface area is 222 Å². The topological polar surface area (TPSA) is 85.4 Å². The van der Waals surface area contributed by atoms with Crippen molar-refractivity contribution in [3.05, 3.63) is 35.0 Å². The van der Waals surface area contributed by atoms with Gasteiger partial charge in [0.1, 0.15) is 11.4 Å². The average Bonchev–Trinajstić information content (AvgIpc) is 3.19. The van der Waals surface area contributed by atoms with Gasteiger partial charge >= 0.3 is 6.18 Å². The molecule has 4 rings (SSSR count). The van der Waals surface area contributed by atoms with Crippen molar-refractivity contribution in [2.45, 2.75) is 43.8 Å². The van der Waals surface area contributed by atoms with Crippen LogP contribution in [-0.4, -0.2) is 106 Å². The molecule has 9 nitrogen and oxygen atoms in total. The van der Waals surface area contributed by atoms with Gasteiger partial charge in [-0.25, -0.2) is 8.42 Å². The molecule has 0 saturated carbocycles. The summed E-state index contributed by atoms with van der Waals surface area (Å²) in [7, 11) is -2.03. The van der Waals surface area contributed by atoms with Crippen LogP contribution in [0.2, 0.25) is 0 Å². The molecule has 1 aromatic rings. The number of nitrogens with one attached hydrogen (secondary N) is 1. The minimum Gasteiger partial charge on any atom is -0.494 e. The first-order chi connectivity index (χ1) is 17.9. The van der Waals surface area contributed by atoms with E-state index in [1.54, 1.807) is 17.0 Å². The molecular formula is C25H36F3N5O4S. The summed E-state index contributed by atoms with van der Waals surface area (Å²) in [4.78, 5) is 18.8. The quantitative estimate of drug-likeness (QED) is 0.498. The van der Waals surface area contributed by atoms with Crippen LogP contribution < -0.4 is 10.1 Å². The maximum absolute atomic E-state index is 13.6. The molecule has 3 aliphatic heterocycles. The fourth-order valence-electron chi connectivity index (χ4n) is 5.37. The molecule has 38 heavy (non-hydrogen) atoms. The Bertz CT molecular complexity index is 1170.